The lowest BCUT2D eigenvalue weighted by Crippen LogP contribution is -2.29. The van der Waals surface area contributed by atoms with Gasteiger partial charge < -0.3 is 0 Å². The number of benzene rings is 1. The summed E-state index contributed by atoms with van der Waals surface area (Å²) in [6.07, 6.45) is -4.37. The zero-order chi connectivity index (χ0) is 13.2. The van der Waals surface area contributed by atoms with Crippen LogP contribution in [0, 0.1) is 0 Å². The lowest BCUT2D eigenvalue weighted by Gasteiger charge is -2.19. The zero-order valence-corrected chi connectivity index (χ0v) is 10.7. The molecule has 2 nitrogen and oxygen atoms in total. The number of hydrazine groups is 1. The van der Waals surface area contributed by atoms with Crippen LogP contribution in [0.25, 0.3) is 0 Å². The van der Waals surface area contributed by atoms with Crippen molar-refractivity contribution in [2.45, 2.75) is 19.1 Å². The molecule has 1 atom stereocenters. The van der Waals surface area contributed by atoms with Gasteiger partial charge in [0, 0.05) is 4.47 Å². The number of rotatable bonds is 3. The van der Waals surface area contributed by atoms with Gasteiger partial charge in [-0.3, -0.25) is 5.84 Å². The fourth-order valence-electron chi connectivity index (χ4n) is 1.44. The molecule has 0 aromatic heterocycles. The molecule has 6 heteroatoms. The van der Waals surface area contributed by atoms with Crippen LogP contribution in [0.15, 0.2) is 34.8 Å². The highest BCUT2D eigenvalue weighted by Crippen LogP contribution is 2.35. The number of nitrogens with two attached hydrogens (primary N) is 1. The van der Waals surface area contributed by atoms with Crippen LogP contribution in [0.1, 0.15) is 24.1 Å². The Morgan fingerprint density at radius 2 is 2.06 bits per heavy atom. The summed E-state index contributed by atoms with van der Waals surface area (Å²) in [5.74, 6) is 5.32. The Bertz CT molecular complexity index is 429. The second kappa shape index (κ2) is 5.20. The highest BCUT2D eigenvalue weighted by atomic mass is 79.9. The van der Waals surface area contributed by atoms with Crippen LogP contribution in [0.3, 0.4) is 0 Å². The second-order valence-electron chi connectivity index (χ2n) is 3.68. The number of halogens is 4. The molecule has 0 aliphatic heterocycles. The van der Waals surface area contributed by atoms with E-state index in [1.807, 2.05) is 0 Å². The molecule has 0 aliphatic carbocycles. The molecule has 94 valence electrons. The largest absolute Gasteiger partial charge is 0.416 e. The number of alkyl halides is 3. The Hall–Kier alpha value is -0.850. The second-order valence-corrected chi connectivity index (χ2v) is 4.53. The van der Waals surface area contributed by atoms with Gasteiger partial charge in [0.1, 0.15) is 0 Å². The molecule has 3 N–H and O–H groups in total. The van der Waals surface area contributed by atoms with Gasteiger partial charge in [0.05, 0.1) is 11.6 Å². The Kier molecular flexibility index (Phi) is 4.35. The van der Waals surface area contributed by atoms with Gasteiger partial charge in [-0.15, -0.1) is 0 Å². The molecule has 0 fully saturated rings. The lowest BCUT2D eigenvalue weighted by molar-refractivity contribution is -0.137. The number of nitrogens with one attached hydrogen (secondary N) is 1. The molecular formula is C11H12BrF3N2. The minimum absolute atomic E-state index is 0.412. The van der Waals surface area contributed by atoms with Gasteiger partial charge in [-0.25, -0.2) is 5.43 Å². The molecule has 0 saturated heterocycles. The Morgan fingerprint density at radius 1 is 1.47 bits per heavy atom. The Balaban J connectivity index is 3.28. The summed E-state index contributed by atoms with van der Waals surface area (Å²) < 4.78 is 38.3. The van der Waals surface area contributed by atoms with Gasteiger partial charge >= 0.3 is 6.18 Å². The first kappa shape index (κ1) is 14.2. The molecule has 1 aromatic rings. The van der Waals surface area contributed by atoms with Crippen LogP contribution in [0.2, 0.25) is 0 Å². The Labute approximate surface area is 106 Å². The standard InChI is InChI=1S/C11H12BrF3N2/c1-6(2)10(17-16)8-5-7(11(13,14)15)3-4-9(8)12/h3-5,10,17H,1,16H2,2H3. The molecule has 1 unspecified atom stereocenters. The molecule has 1 aromatic carbocycles. The summed E-state index contributed by atoms with van der Waals surface area (Å²) in [5, 5.41) is 0. The molecule has 17 heavy (non-hydrogen) atoms. The lowest BCUT2D eigenvalue weighted by atomic mass is 9.99. The number of hydrogen-bond acceptors (Lipinski definition) is 2. The van der Waals surface area contributed by atoms with Crippen LogP contribution in [-0.2, 0) is 6.18 Å². The summed E-state index contributed by atoms with van der Waals surface area (Å²) in [6, 6.07) is 2.90. The predicted molar refractivity (Wildman–Crippen MR) is 64.0 cm³/mol. The summed E-state index contributed by atoms with van der Waals surface area (Å²) in [5.41, 5.74) is 2.77. The Morgan fingerprint density at radius 3 is 2.47 bits per heavy atom. The average molecular weight is 309 g/mol. The summed E-state index contributed by atoms with van der Waals surface area (Å²) in [4.78, 5) is 0. The van der Waals surface area contributed by atoms with Crippen LogP contribution >= 0.6 is 15.9 Å². The van der Waals surface area contributed by atoms with Crippen molar-refractivity contribution >= 4 is 15.9 Å². The first-order valence-corrected chi connectivity index (χ1v) is 5.55. The molecule has 0 spiro atoms. The summed E-state index contributed by atoms with van der Waals surface area (Å²) in [7, 11) is 0. The highest BCUT2D eigenvalue weighted by Gasteiger charge is 2.31. The minimum atomic E-state index is -4.37. The van der Waals surface area contributed by atoms with Crippen molar-refractivity contribution in [3.63, 3.8) is 0 Å². The van der Waals surface area contributed by atoms with E-state index in [-0.39, 0.29) is 0 Å². The van der Waals surface area contributed by atoms with Gasteiger partial charge in [-0.05, 0) is 30.7 Å². The van der Waals surface area contributed by atoms with E-state index in [4.69, 9.17) is 5.84 Å². The van der Waals surface area contributed by atoms with Crippen molar-refractivity contribution < 1.29 is 13.2 Å². The monoisotopic (exact) mass is 308 g/mol. The van der Waals surface area contributed by atoms with Crippen molar-refractivity contribution in [1.82, 2.24) is 5.43 Å². The fraction of sp³-hybridized carbons (Fsp3) is 0.273. The molecule has 0 radical (unpaired) electrons. The van der Waals surface area contributed by atoms with E-state index in [2.05, 4.69) is 27.9 Å². The molecule has 0 aliphatic rings. The molecule has 0 bridgehead atoms. The van der Waals surface area contributed by atoms with Gasteiger partial charge in [0.2, 0.25) is 0 Å². The normalized spacial score (nSPS) is 13.5. The molecule has 0 saturated carbocycles. The molecular weight excluding hydrogens is 297 g/mol. The fourth-order valence-corrected chi connectivity index (χ4v) is 1.91. The molecule has 0 amide bonds. The SMILES string of the molecule is C=C(C)C(NN)c1cc(C(F)(F)F)ccc1Br. The van der Waals surface area contributed by atoms with Crippen molar-refractivity contribution in [2.75, 3.05) is 0 Å². The summed E-state index contributed by atoms with van der Waals surface area (Å²) in [6.45, 7) is 5.38. The first-order valence-electron chi connectivity index (χ1n) is 4.75. The quantitative estimate of drug-likeness (QED) is 0.509. The van der Waals surface area contributed by atoms with Gasteiger partial charge in [-0.1, -0.05) is 28.1 Å². The van der Waals surface area contributed by atoms with Gasteiger partial charge in [0.15, 0.2) is 0 Å². The highest BCUT2D eigenvalue weighted by molar-refractivity contribution is 9.10. The first-order chi connectivity index (χ1) is 7.77. The van der Waals surface area contributed by atoms with E-state index < -0.39 is 17.8 Å². The average Bonchev–Trinajstić information content (AvgIpc) is 2.19. The van der Waals surface area contributed by atoms with Gasteiger partial charge in [-0.2, -0.15) is 13.2 Å². The van der Waals surface area contributed by atoms with Crippen molar-refractivity contribution in [2.24, 2.45) is 5.84 Å². The van der Waals surface area contributed by atoms with Crippen molar-refractivity contribution in [3.05, 3.63) is 46.0 Å². The number of hydrogen-bond donors (Lipinski definition) is 2. The van der Waals surface area contributed by atoms with Crippen molar-refractivity contribution in [3.8, 4) is 0 Å². The van der Waals surface area contributed by atoms with E-state index >= 15 is 0 Å². The maximum atomic E-state index is 12.6. The van der Waals surface area contributed by atoms with Gasteiger partial charge in [0.25, 0.3) is 0 Å². The van der Waals surface area contributed by atoms with Crippen LogP contribution in [0.4, 0.5) is 13.2 Å². The smallest absolute Gasteiger partial charge is 0.271 e. The van der Waals surface area contributed by atoms with E-state index in [1.54, 1.807) is 6.92 Å². The van der Waals surface area contributed by atoms with Crippen LogP contribution in [-0.4, -0.2) is 0 Å². The topological polar surface area (TPSA) is 38.0 Å². The predicted octanol–water partition coefficient (Wildman–Crippen LogP) is 3.55. The third-order valence-electron chi connectivity index (χ3n) is 2.29. The summed E-state index contributed by atoms with van der Waals surface area (Å²) >= 11 is 3.20. The molecule has 0 heterocycles. The molecule has 1 rings (SSSR count). The van der Waals surface area contributed by atoms with E-state index in [9.17, 15) is 13.2 Å². The van der Waals surface area contributed by atoms with E-state index in [0.717, 1.165) is 12.1 Å². The minimum Gasteiger partial charge on any atom is -0.271 e. The van der Waals surface area contributed by atoms with Crippen LogP contribution in [0.5, 0.6) is 0 Å². The van der Waals surface area contributed by atoms with Crippen LogP contribution < -0.4 is 11.3 Å². The van der Waals surface area contributed by atoms with E-state index in [1.165, 1.54) is 6.07 Å². The zero-order valence-electron chi connectivity index (χ0n) is 9.11. The maximum Gasteiger partial charge on any atom is 0.416 e. The maximum absolute atomic E-state index is 12.6. The van der Waals surface area contributed by atoms with Crippen molar-refractivity contribution in [1.29, 1.82) is 0 Å². The third kappa shape index (κ3) is 3.31. The third-order valence-corrected chi connectivity index (χ3v) is 3.02. The van der Waals surface area contributed by atoms with E-state index in [0.29, 0.717) is 15.6 Å².